The van der Waals surface area contributed by atoms with Crippen molar-refractivity contribution in [2.24, 2.45) is 0 Å². The standard InChI is InChI=1S/C18H23N3O3/c1-13(15-8-5-11-23-15)19-17(22)9-10-18-20-16(21-24-18)12-14-6-3-2-4-7-14/h2-4,6-7,13,15H,5,8-12H2,1H3,(H,19,22)/t13-,15-/m0/s1. The molecule has 128 valence electrons. The van der Waals surface area contributed by atoms with Crippen LogP contribution in [0.25, 0.3) is 0 Å². The number of hydrogen-bond acceptors (Lipinski definition) is 5. The molecule has 0 bridgehead atoms. The van der Waals surface area contributed by atoms with Gasteiger partial charge in [-0.05, 0) is 25.3 Å². The molecule has 6 nitrogen and oxygen atoms in total. The summed E-state index contributed by atoms with van der Waals surface area (Å²) in [6.45, 7) is 2.77. The number of rotatable bonds is 7. The number of hydrogen-bond donors (Lipinski definition) is 1. The van der Waals surface area contributed by atoms with Crippen molar-refractivity contribution < 1.29 is 14.1 Å². The van der Waals surface area contributed by atoms with Gasteiger partial charge in [-0.25, -0.2) is 0 Å². The summed E-state index contributed by atoms with van der Waals surface area (Å²) in [5, 5.41) is 6.96. The summed E-state index contributed by atoms with van der Waals surface area (Å²) in [6, 6.07) is 10.0. The average Bonchev–Trinajstić information content (AvgIpc) is 3.26. The van der Waals surface area contributed by atoms with Gasteiger partial charge in [0.15, 0.2) is 5.82 Å². The Morgan fingerprint density at radius 3 is 2.96 bits per heavy atom. The second-order valence-corrected chi connectivity index (χ2v) is 6.17. The number of amides is 1. The van der Waals surface area contributed by atoms with E-state index in [1.807, 2.05) is 37.3 Å². The summed E-state index contributed by atoms with van der Waals surface area (Å²) in [4.78, 5) is 16.4. The minimum atomic E-state index is -0.0131. The van der Waals surface area contributed by atoms with Crippen molar-refractivity contribution in [2.75, 3.05) is 6.61 Å². The topological polar surface area (TPSA) is 77.3 Å². The van der Waals surface area contributed by atoms with Crippen molar-refractivity contribution in [3.63, 3.8) is 0 Å². The van der Waals surface area contributed by atoms with Crippen LogP contribution in [-0.2, 0) is 22.4 Å². The number of nitrogens with one attached hydrogen (secondary N) is 1. The van der Waals surface area contributed by atoms with Gasteiger partial charge in [0.25, 0.3) is 0 Å². The molecule has 1 aliphatic rings. The van der Waals surface area contributed by atoms with Gasteiger partial charge in [0.2, 0.25) is 11.8 Å². The molecular weight excluding hydrogens is 306 g/mol. The van der Waals surface area contributed by atoms with Crippen LogP contribution in [0.2, 0.25) is 0 Å². The molecule has 1 aliphatic heterocycles. The first-order valence-electron chi connectivity index (χ1n) is 8.47. The molecule has 1 amide bonds. The minimum absolute atomic E-state index is 0.0131. The molecule has 2 atom stereocenters. The van der Waals surface area contributed by atoms with Gasteiger partial charge >= 0.3 is 0 Å². The average molecular weight is 329 g/mol. The van der Waals surface area contributed by atoms with Gasteiger partial charge in [-0.3, -0.25) is 4.79 Å². The van der Waals surface area contributed by atoms with Gasteiger partial charge in [-0.15, -0.1) is 0 Å². The molecule has 0 aliphatic carbocycles. The molecule has 1 N–H and O–H groups in total. The van der Waals surface area contributed by atoms with Crippen molar-refractivity contribution in [3.8, 4) is 0 Å². The van der Waals surface area contributed by atoms with E-state index >= 15 is 0 Å². The molecular formula is C18H23N3O3. The molecule has 1 aromatic carbocycles. The molecule has 24 heavy (non-hydrogen) atoms. The van der Waals surface area contributed by atoms with Gasteiger partial charge in [0.1, 0.15) is 0 Å². The molecule has 0 spiro atoms. The number of ether oxygens (including phenoxy) is 1. The monoisotopic (exact) mass is 329 g/mol. The lowest BCUT2D eigenvalue weighted by Gasteiger charge is -2.19. The van der Waals surface area contributed by atoms with Crippen molar-refractivity contribution in [3.05, 3.63) is 47.6 Å². The molecule has 0 radical (unpaired) electrons. The van der Waals surface area contributed by atoms with Gasteiger partial charge < -0.3 is 14.6 Å². The lowest BCUT2D eigenvalue weighted by molar-refractivity contribution is -0.122. The molecule has 2 heterocycles. The first kappa shape index (κ1) is 16.6. The maximum atomic E-state index is 12.0. The zero-order valence-corrected chi connectivity index (χ0v) is 13.9. The first-order chi connectivity index (χ1) is 11.7. The van der Waals surface area contributed by atoms with Gasteiger partial charge in [0, 0.05) is 25.9 Å². The first-order valence-corrected chi connectivity index (χ1v) is 8.47. The Hall–Kier alpha value is -2.21. The summed E-state index contributed by atoms with van der Waals surface area (Å²) in [6.07, 6.45) is 3.63. The second kappa shape index (κ2) is 8.06. The largest absolute Gasteiger partial charge is 0.376 e. The van der Waals surface area contributed by atoms with Gasteiger partial charge in [0.05, 0.1) is 12.1 Å². The highest BCUT2D eigenvalue weighted by molar-refractivity contribution is 5.76. The Morgan fingerprint density at radius 1 is 1.38 bits per heavy atom. The Bertz CT molecular complexity index is 651. The van der Waals surface area contributed by atoms with Crippen LogP contribution in [0.5, 0.6) is 0 Å². The van der Waals surface area contributed by atoms with Crippen LogP contribution < -0.4 is 5.32 Å². The Labute approximate surface area is 141 Å². The van der Waals surface area contributed by atoms with E-state index in [1.165, 1.54) is 0 Å². The Morgan fingerprint density at radius 2 is 2.21 bits per heavy atom. The predicted molar refractivity (Wildman–Crippen MR) is 88.4 cm³/mol. The Kier molecular flexibility index (Phi) is 5.59. The van der Waals surface area contributed by atoms with E-state index < -0.39 is 0 Å². The van der Waals surface area contributed by atoms with E-state index in [0.717, 1.165) is 25.0 Å². The SMILES string of the molecule is C[C@H](NC(=O)CCc1nc(Cc2ccccc2)no1)[C@@H]1CCCO1. The number of aryl methyl sites for hydroxylation is 1. The van der Waals surface area contributed by atoms with E-state index in [0.29, 0.717) is 31.0 Å². The predicted octanol–water partition coefficient (Wildman–Crippen LogP) is 2.28. The third-order valence-electron chi connectivity index (χ3n) is 4.19. The van der Waals surface area contributed by atoms with E-state index in [2.05, 4.69) is 15.5 Å². The highest BCUT2D eigenvalue weighted by Gasteiger charge is 2.23. The minimum Gasteiger partial charge on any atom is -0.376 e. The number of nitrogens with zero attached hydrogens (tertiary/aromatic N) is 2. The second-order valence-electron chi connectivity index (χ2n) is 6.17. The molecule has 1 aromatic heterocycles. The van der Waals surface area contributed by atoms with Gasteiger partial charge in [-0.2, -0.15) is 4.98 Å². The molecule has 6 heteroatoms. The number of aromatic nitrogens is 2. The fraction of sp³-hybridized carbons (Fsp3) is 0.500. The summed E-state index contributed by atoms with van der Waals surface area (Å²) < 4.78 is 10.8. The van der Waals surface area contributed by atoms with E-state index in [4.69, 9.17) is 9.26 Å². The highest BCUT2D eigenvalue weighted by atomic mass is 16.5. The van der Waals surface area contributed by atoms with Crippen LogP contribution in [-0.4, -0.2) is 34.8 Å². The van der Waals surface area contributed by atoms with Crippen LogP contribution in [0.1, 0.15) is 43.5 Å². The van der Waals surface area contributed by atoms with Crippen LogP contribution in [0.4, 0.5) is 0 Å². The van der Waals surface area contributed by atoms with Crippen LogP contribution in [0.3, 0.4) is 0 Å². The fourth-order valence-corrected chi connectivity index (χ4v) is 2.88. The normalized spacial score (nSPS) is 18.5. The van der Waals surface area contributed by atoms with Crippen molar-refractivity contribution >= 4 is 5.91 Å². The van der Waals surface area contributed by atoms with Crippen LogP contribution >= 0.6 is 0 Å². The summed E-state index contributed by atoms with van der Waals surface area (Å²) in [5.41, 5.74) is 1.13. The maximum absolute atomic E-state index is 12.0. The summed E-state index contributed by atoms with van der Waals surface area (Å²) >= 11 is 0. The fourth-order valence-electron chi connectivity index (χ4n) is 2.88. The third-order valence-corrected chi connectivity index (χ3v) is 4.19. The third kappa shape index (κ3) is 4.64. The van der Waals surface area contributed by atoms with Gasteiger partial charge in [-0.1, -0.05) is 35.5 Å². The van der Waals surface area contributed by atoms with E-state index in [1.54, 1.807) is 0 Å². The lowest BCUT2D eigenvalue weighted by atomic mass is 10.1. The maximum Gasteiger partial charge on any atom is 0.227 e. The smallest absolute Gasteiger partial charge is 0.227 e. The molecule has 0 saturated carbocycles. The highest BCUT2D eigenvalue weighted by Crippen LogP contribution is 2.15. The molecule has 2 aromatic rings. The van der Waals surface area contributed by atoms with Crippen LogP contribution in [0.15, 0.2) is 34.9 Å². The zero-order chi connectivity index (χ0) is 16.8. The summed E-state index contributed by atoms with van der Waals surface area (Å²) in [7, 11) is 0. The summed E-state index contributed by atoms with van der Waals surface area (Å²) in [5.74, 6) is 1.13. The number of carbonyl (C=O) groups is 1. The molecule has 0 unspecified atom stereocenters. The lowest BCUT2D eigenvalue weighted by Crippen LogP contribution is -2.40. The van der Waals surface area contributed by atoms with E-state index in [-0.39, 0.29) is 18.1 Å². The van der Waals surface area contributed by atoms with Crippen molar-refractivity contribution in [1.29, 1.82) is 0 Å². The van der Waals surface area contributed by atoms with Crippen molar-refractivity contribution in [1.82, 2.24) is 15.5 Å². The number of benzene rings is 1. The van der Waals surface area contributed by atoms with Crippen molar-refractivity contribution in [2.45, 2.75) is 51.2 Å². The zero-order valence-electron chi connectivity index (χ0n) is 13.9. The molecule has 1 fully saturated rings. The number of carbonyl (C=O) groups excluding carboxylic acids is 1. The molecule has 1 saturated heterocycles. The van der Waals surface area contributed by atoms with Crippen LogP contribution in [0, 0.1) is 0 Å². The quantitative estimate of drug-likeness (QED) is 0.843. The molecule has 3 rings (SSSR count). The Balaban J connectivity index is 1.44. The van der Waals surface area contributed by atoms with E-state index in [9.17, 15) is 4.79 Å².